The van der Waals surface area contributed by atoms with E-state index in [0.717, 1.165) is 89.1 Å². The van der Waals surface area contributed by atoms with Crippen molar-refractivity contribution >= 4 is 126 Å². The van der Waals surface area contributed by atoms with E-state index in [2.05, 4.69) is 304 Å². The molecule has 13 aromatic carbocycles. The number of furan rings is 2. The third kappa shape index (κ3) is 7.78. The van der Waals surface area contributed by atoms with Crippen LogP contribution in [0.15, 0.2) is 276 Å². The molecule has 0 aliphatic heterocycles. The van der Waals surface area contributed by atoms with Gasteiger partial charge in [0.2, 0.25) is 0 Å². The van der Waals surface area contributed by atoms with Gasteiger partial charge in [-0.25, -0.2) is 0 Å². The van der Waals surface area contributed by atoms with E-state index >= 15 is 0 Å². The average Bonchev–Trinajstić information content (AvgIpc) is 1.67. The summed E-state index contributed by atoms with van der Waals surface area (Å²) in [5.41, 5.74) is 20.4. The Balaban J connectivity index is 0.843. The molecular formula is C79H62N2O2Si2. The fourth-order valence-corrected chi connectivity index (χ4v) is 28.4. The van der Waals surface area contributed by atoms with Crippen molar-refractivity contribution in [1.29, 1.82) is 0 Å². The summed E-state index contributed by atoms with van der Waals surface area (Å²) in [6, 6.07) is 98.1. The predicted molar refractivity (Wildman–Crippen MR) is 367 cm³/mol. The summed E-state index contributed by atoms with van der Waals surface area (Å²) >= 11 is 0. The number of anilines is 6. The normalized spacial score (nSPS) is 13.2. The maximum atomic E-state index is 6.70. The largest absolute Gasteiger partial charge is 0.454 e. The lowest BCUT2D eigenvalue weighted by Gasteiger charge is -2.51. The Morgan fingerprint density at radius 2 is 0.753 bits per heavy atom. The molecule has 4 nitrogen and oxygen atoms in total. The third-order valence-electron chi connectivity index (χ3n) is 18.5. The van der Waals surface area contributed by atoms with Crippen molar-refractivity contribution in [2.75, 3.05) is 9.80 Å². The van der Waals surface area contributed by atoms with Crippen molar-refractivity contribution in [2.45, 2.75) is 43.9 Å². The first-order valence-electron chi connectivity index (χ1n) is 29.7. The van der Waals surface area contributed by atoms with E-state index in [9.17, 15) is 0 Å². The lowest BCUT2D eigenvalue weighted by atomic mass is 9.89. The van der Waals surface area contributed by atoms with Crippen LogP contribution in [0, 0.1) is 0 Å². The zero-order valence-corrected chi connectivity index (χ0v) is 50.6. The molecule has 2 aromatic heterocycles. The second-order valence-corrected chi connectivity index (χ2v) is 36.2. The van der Waals surface area contributed by atoms with Crippen LogP contribution in [0.5, 0.6) is 0 Å². The maximum absolute atomic E-state index is 6.70. The van der Waals surface area contributed by atoms with Gasteiger partial charge in [0.25, 0.3) is 0 Å². The lowest BCUT2D eigenvalue weighted by molar-refractivity contribution is 0.668. The Kier molecular flexibility index (Phi) is 11.5. The van der Waals surface area contributed by atoms with Crippen molar-refractivity contribution in [2.24, 2.45) is 0 Å². The van der Waals surface area contributed by atoms with E-state index in [-0.39, 0.29) is 4.66 Å². The highest BCUT2D eigenvalue weighted by Gasteiger charge is 2.60. The highest BCUT2D eigenvalue weighted by molar-refractivity contribution is 7.00. The first-order chi connectivity index (χ1) is 41.4. The van der Waals surface area contributed by atoms with Crippen LogP contribution in [0.2, 0.25) is 39.3 Å². The topological polar surface area (TPSA) is 32.8 Å². The van der Waals surface area contributed by atoms with Crippen LogP contribution in [0.25, 0.3) is 110 Å². The molecule has 6 heteroatoms. The maximum Gasteiger partial charge on any atom is 0.159 e. The molecule has 0 fully saturated rings. The number of rotatable bonds is 10. The summed E-state index contributed by atoms with van der Waals surface area (Å²) in [5.74, 6) is 0. The summed E-state index contributed by atoms with van der Waals surface area (Å²) in [6.45, 7) is 15.9. The first kappa shape index (κ1) is 51.0. The minimum Gasteiger partial charge on any atom is -0.454 e. The minimum atomic E-state index is -2.15. The molecule has 0 atom stereocenters. The van der Waals surface area contributed by atoms with Crippen LogP contribution in [-0.4, -0.2) is 16.1 Å². The number of para-hydroxylation sites is 6. The number of nitrogens with zero attached hydrogens (tertiary/aromatic N) is 2. The summed E-state index contributed by atoms with van der Waals surface area (Å²) < 4.78 is 13.2. The molecule has 0 unspecified atom stereocenters. The van der Waals surface area contributed by atoms with Crippen molar-refractivity contribution in [3.8, 4) is 33.4 Å². The second-order valence-electron chi connectivity index (χ2n) is 25.2. The van der Waals surface area contributed by atoms with E-state index in [0.29, 0.717) is 0 Å². The van der Waals surface area contributed by atoms with Gasteiger partial charge in [-0.2, -0.15) is 0 Å². The van der Waals surface area contributed by atoms with Crippen LogP contribution < -0.4 is 9.80 Å². The molecule has 2 heterocycles. The molecule has 1 aliphatic carbocycles. The summed E-state index contributed by atoms with van der Waals surface area (Å²) in [5, 5.41) is 12.3. The Labute approximate surface area is 497 Å². The fourth-order valence-electron chi connectivity index (χ4n) is 15.3. The van der Waals surface area contributed by atoms with Crippen LogP contribution in [-0.2, 0) is 4.66 Å². The molecule has 15 aromatic rings. The van der Waals surface area contributed by atoms with Gasteiger partial charge in [0.05, 0.1) is 27.5 Å². The Morgan fingerprint density at radius 1 is 0.306 bits per heavy atom. The van der Waals surface area contributed by atoms with Gasteiger partial charge < -0.3 is 18.6 Å². The monoisotopic (exact) mass is 1130 g/mol. The summed E-state index contributed by atoms with van der Waals surface area (Å²) in [7, 11) is -4.31. The first-order valence-corrected chi connectivity index (χ1v) is 36.7. The van der Waals surface area contributed by atoms with Crippen molar-refractivity contribution in [1.82, 2.24) is 0 Å². The van der Waals surface area contributed by atoms with Gasteiger partial charge in [0, 0.05) is 49.0 Å². The SMILES string of the molecule is C[Si](C)(C)C1([Si](C)(C)C)c2cc3cc(-c4cccc(N(c5ccccc5)c5cccc6c5oc5ccccc56)c4)ccc3cc2-c2c1c1ccc(-c3cccc(N(c4ccccc4)c4cccc5c4oc4ccccc45)c3)cc1c1ccccc21. The van der Waals surface area contributed by atoms with E-state index in [1.807, 2.05) is 12.1 Å². The lowest BCUT2D eigenvalue weighted by Crippen LogP contribution is -2.63. The van der Waals surface area contributed by atoms with Gasteiger partial charge in [0.1, 0.15) is 11.2 Å². The molecule has 16 rings (SSSR count). The second kappa shape index (κ2) is 19.2. The van der Waals surface area contributed by atoms with Crippen LogP contribution in [0.1, 0.15) is 11.1 Å². The molecular weight excluding hydrogens is 1070 g/mol. The van der Waals surface area contributed by atoms with Crippen molar-refractivity contribution in [3.05, 3.63) is 278 Å². The molecule has 0 bridgehead atoms. The van der Waals surface area contributed by atoms with Gasteiger partial charge in [-0.05, 0) is 168 Å². The summed E-state index contributed by atoms with van der Waals surface area (Å²) in [6.07, 6.45) is 0. The average molecular weight is 1130 g/mol. The van der Waals surface area contributed by atoms with E-state index in [4.69, 9.17) is 8.83 Å². The molecule has 0 radical (unpaired) electrons. The molecule has 408 valence electrons. The molecule has 0 spiro atoms. The molecule has 85 heavy (non-hydrogen) atoms. The van der Waals surface area contributed by atoms with Crippen molar-refractivity contribution in [3.63, 3.8) is 0 Å². The van der Waals surface area contributed by atoms with Gasteiger partial charge in [-0.15, -0.1) is 0 Å². The van der Waals surface area contributed by atoms with E-state index in [1.165, 1.54) is 60.1 Å². The van der Waals surface area contributed by atoms with E-state index in [1.54, 1.807) is 5.56 Å². The zero-order chi connectivity index (χ0) is 57.3. The zero-order valence-electron chi connectivity index (χ0n) is 48.6. The Bertz CT molecular complexity index is 5170. The number of benzene rings is 13. The predicted octanol–water partition coefficient (Wildman–Crippen LogP) is 23.2. The molecule has 0 N–H and O–H groups in total. The number of hydrogen-bond donors (Lipinski definition) is 0. The van der Waals surface area contributed by atoms with Gasteiger partial charge in [0.15, 0.2) is 11.2 Å². The number of fused-ring (bicyclic) bond motifs is 15. The standard InChI is InChI=1S/C79H62N2O2Si2/c1-84(2,3)79(85(4,5)6)70-50-56-45-53(51-23-19-29-59(46-51)80(57-25-9-7-10-26-57)71-37-21-35-66-62-32-15-17-39-73(62)82-77(66)71)41-42-55(56)49-69(70)75-64-34-14-13-31-61(64)68-48-54(43-44-65(68)76(75)79)52-24-20-30-60(47-52)81(58-27-11-8-12-28-58)72-38-22-36-67-63-33-16-18-40-74(63)83-78(67)72/h7-50H,1-6H3. The van der Waals surface area contributed by atoms with Crippen molar-refractivity contribution < 1.29 is 8.83 Å². The highest BCUT2D eigenvalue weighted by atomic mass is 28.4. The van der Waals surface area contributed by atoms with Gasteiger partial charge in [-0.1, -0.05) is 215 Å². The molecule has 0 amide bonds. The molecule has 0 saturated heterocycles. The quantitative estimate of drug-likeness (QED) is 0.101. The molecule has 1 aliphatic rings. The molecule has 0 saturated carbocycles. The van der Waals surface area contributed by atoms with Crippen LogP contribution in [0.4, 0.5) is 34.1 Å². The van der Waals surface area contributed by atoms with Crippen LogP contribution in [0.3, 0.4) is 0 Å². The highest BCUT2D eigenvalue weighted by Crippen LogP contribution is 2.62. The van der Waals surface area contributed by atoms with Gasteiger partial charge in [-0.3, -0.25) is 0 Å². The Hall–Kier alpha value is -9.73. The minimum absolute atomic E-state index is 0.125. The van der Waals surface area contributed by atoms with E-state index < -0.39 is 16.1 Å². The fraction of sp³-hybridized carbons (Fsp3) is 0.0886. The Morgan fingerprint density at radius 3 is 1.31 bits per heavy atom. The van der Waals surface area contributed by atoms with Gasteiger partial charge >= 0.3 is 0 Å². The number of hydrogen-bond acceptors (Lipinski definition) is 4. The third-order valence-corrected chi connectivity index (χ3v) is 28.5. The summed E-state index contributed by atoms with van der Waals surface area (Å²) in [4.78, 5) is 4.69. The smallest absolute Gasteiger partial charge is 0.159 e. The van der Waals surface area contributed by atoms with Crippen LogP contribution >= 0.6 is 0 Å².